The van der Waals surface area contributed by atoms with Crippen molar-refractivity contribution in [2.45, 2.75) is 51.7 Å². The number of fused-ring (bicyclic) bond motifs is 2. The molecule has 1 heterocycles. The number of alkyl carbamates (subject to hydrolysis) is 1. The number of ether oxygens (including phenoxy) is 2. The van der Waals surface area contributed by atoms with E-state index in [1.54, 1.807) is 6.92 Å². The molecular weight excluding hydrogens is 298 g/mol. The van der Waals surface area contributed by atoms with E-state index in [0.717, 1.165) is 32.0 Å². The summed E-state index contributed by atoms with van der Waals surface area (Å²) in [5.74, 6) is 0.173. The highest BCUT2D eigenvalue weighted by Gasteiger charge is 2.55. The highest BCUT2D eigenvalue weighted by molar-refractivity contribution is 5.77. The van der Waals surface area contributed by atoms with Crippen LogP contribution >= 0.6 is 0 Å². The molecule has 0 bridgehead atoms. The Bertz CT molecular complexity index is 493. The zero-order chi connectivity index (χ0) is 16.6. The first kappa shape index (κ1) is 16.3. The Balaban J connectivity index is 1.70. The van der Waals surface area contributed by atoms with Crippen molar-refractivity contribution >= 4 is 18.3 Å². The zero-order valence-electron chi connectivity index (χ0n) is 13.7. The second-order valence-corrected chi connectivity index (χ2v) is 7.07. The quantitative estimate of drug-likeness (QED) is 0.634. The highest BCUT2D eigenvalue weighted by Crippen LogP contribution is 2.52. The van der Waals surface area contributed by atoms with Crippen LogP contribution in [0, 0.1) is 29.6 Å². The van der Waals surface area contributed by atoms with E-state index in [-0.39, 0.29) is 47.9 Å². The SMILES string of the molecule is CCOC(=O)N[C@H]1CC[C@H]2[C@H](C1)C[C@@H]1C(=O)O[C@@H](C)[C@@H]1[C@@H]2C=O. The van der Waals surface area contributed by atoms with Gasteiger partial charge < -0.3 is 19.6 Å². The lowest BCUT2D eigenvalue weighted by Crippen LogP contribution is -2.49. The molecule has 0 aromatic carbocycles. The maximum absolute atomic E-state index is 12.1. The lowest BCUT2D eigenvalue weighted by Gasteiger charge is -2.46. The third kappa shape index (κ3) is 2.95. The number of nitrogens with one attached hydrogen (secondary N) is 1. The molecule has 1 amide bonds. The molecule has 6 nitrogen and oxygen atoms in total. The topological polar surface area (TPSA) is 81.7 Å². The van der Waals surface area contributed by atoms with Crippen LogP contribution in [0.5, 0.6) is 0 Å². The number of aldehydes is 1. The Morgan fingerprint density at radius 1 is 1.39 bits per heavy atom. The van der Waals surface area contributed by atoms with Crippen LogP contribution < -0.4 is 5.32 Å². The van der Waals surface area contributed by atoms with Crippen molar-refractivity contribution in [3.05, 3.63) is 0 Å². The monoisotopic (exact) mass is 323 g/mol. The molecular formula is C17H25NO5. The first-order chi connectivity index (χ1) is 11.0. The number of esters is 1. The Kier molecular flexibility index (Phi) is 4.60. The Morgan fingerprint density at radius 3 is 2.87 bits per heavy atom. The molecule has 0 spiro atoms. The van der Waals surface area contributed by atoms with Gasteiger partial charge in [-0.3, -0.25) is 4.79 Å². The van der Waals surface area contributed by atoms with Crippen molar-refractivity contribution in [3.8, 4) is 0 Å². The molecule has 0 aromatic heterocycles. The summed E-state index contributed by atoms with van der Waals surface area (Å²) in [5.41, 5.74) is 0. The molecule has 0 radical (unpaired) electrons. The van der Waals surface area contributed by atoms with E-state index in [4.69, 9.17) is 9.47 Å². The number of hydrogen-bond acceptors (Lipinski definition) is 5. The number of rotatable bonds is 3. The van der Waals surface area contributed by atoms with Crippen LogP contribution in [0.25, 0.3) is 0 Å². The van der Waals surface area contributed by atoms with Crippen LogP contribution in [0.1, 0.15) is 39.5 Å². The number of amides is 1. The van der Waals surface area contributed by atoms with E-state index in [1.165, 1.54) is 0 Å². The first-order valence-electron chi connectivity index (χ1n) is 8.64. The number of cyclic esters (lactones) is 1. The molecule has 3 rings (SSSR count). The van der Waals surface area contributed by atoms with Gasteiger partial charge in [0.1, 0.15) is 12.4 Å². The van der Waals surface area contributed by atoms with Crippen molar-refractivity contribution in [2.24, 2.45) is 29.6 Å². The maximum Gasteiger partial charge on any atom is 0.407 e. The van der Waals surface area contributed by atoms with Gasteiger partial charge in [0.15, 0.2) is 0 Å². The van der Waals surface area contributed by atoms with Crippen molar-refractivity contribution in [3.63, 3.8) is 0 Å². The van der Waals surface area contributed by atoms with E-state index in [2.05, 4.69) is 5.32 Å². The molecule has 1 aliphatic heterocycles. The molecule has 23 heavy (non-hydrogen) atoms. The summed E-state index contributed by atoms with van der Waals surface area (Å²) >= 11 is 0. The smallest absolute Gasteiger partial charge is 0.407 e. The first-order valence-corrected chi connectivity index (χ1v) is 8.64. The largest absolute Gasteiger partial charge is 0.462 e. The summed E-state index contributed by atoms with van der Waals surface area (Å²) in [6.07, 6.45) is 3.80. The molecule has 2 aliphatic carbocycles. The van der Waals surface area contributed by atoms with Crippen LogP contribution in [0.3, 0.4) is 0 Å². The fraction of sp³-hybridized carbons (Fsp3) is 0.824. The van der Waals surface area contributed by atoms with Crippen LogP contribution in [0.4, 0.5) is 4.79 Å². The average molecular weight is 323 g/mol. The normalized spacial score (nSPS) is 42.2. The average Bonchev–Trinajstić information content (AvgIpc) is 2.79. The van der Waals surface area contributed by atoms with E-state index in [9.17, 15) is 14.4 Å². The van der Waals surface area contributed by atoms with Crippen molar-refractivity contribution in [1.82, 2.24) is 5.32 Å². The van der Waals surface area contributed by atoms with Gasteiger partial charge in [-0.05, 0) is 51.4 Å². The fourth-order valence-corrected chi connectivity index (χ4v) is 5.01. The predicted molar refractivity (Wildman–Crippen MR) is 81.5 cm³/mol. The Hall–Kier alpha value is -1.59. The minimum Gasteiger partial charge on any atom is -0.462 e. The number of hydrogen-bond donors (Lipinski definition) is 1. The highest BCUT2D eigenvalue weighted by atomic mass is 16.6. The van der Waals surface area contributed by atoms with Gasteiger partial charge in [0, 0.05) is 17.9 Å². The third-order valence-corrected chi connectivity index (χ3v) is 5.90. The van der Waals surface area contributed by atoms with Gasteiger partial charge in [-0.25, -0.2) is 4.79 Å². The van der Waals surface area contributed by atoms with E-state index >= 15 is 0 Å². The van der Waals surface area contributed by atoms with Gasteiger partial charge in [0.2, 0.25) is 0 Å². The van der Waals surface area contributed by atoms with Crippen LogP contribution in [0.2, 0.25) is 0 Å². The van der Waals surface area contributed by atoms with Crippen molar-refractivity contribution in [2.75, 3.05) is 6.61 Å². The summed E-state index contributed by atoms with van der Waals surface area (Å²) in [4.78, 5) is 35.4. The van der Waals surface area contributed by atoms with Gasteiger partial charge in [-0.1, -0.05) is 0 Å². The molecule has 1 N–H and O–H groups in total. The standard InChI is InChI=1S/C17H25NO5/c1-3-22-17(21)18-11-4-5-12-10(6-11)7-13-15(14(12)8-19)9(2)23-16(13)20/h8-15H,3-7H2,1-2H3,(H,18,21)/t9-,10+,11-,12-,13-,14+,15-/m0/s1. The summed E-state index contributed by atoms with van der Waals surface area (Å²) in [7, 11) is 0. The summed E-state index contributed by atoms with van der Waals surface area (Å²) in [5, 5.41) is 2.90. The number of carbonyl (C=O) groups excluding carboxylic acids is 3. The van der Waals surface area contributed by atoms with Gasteiger partial charge in [-0.2, -0.15) is 0 Å². The van der Waals surface area contributed by atoms with Gasteiger partial charge >= 0.3 is 12.1 Å². The molecule has 3 fully saturated rings. The third-order valence-electron chi connectivity index (χ3n) is 5.90. The van der Waals surface area contributed by atoms with Crippen LogP contribution in [-0.2, 0) is 19.1 Å². The second kappa shape index (κ2) is 6.49. The fourth-order valence-electron chi connectivity index (χ4n) is 5.01. The molecule has 0 unspecified atom stereocenters. The second-order valence-electron chi connectivity index (χ2n) is 7.07. The molecule has 128 valence electrons. The Labute approximate surface area is 136 Å². The maximum atomic E-state index is 12.1. The summed E-state index contributed by atoms with van der Waals surface area (Å²) in [6.45, 7) is 4.03. The molecule has 7 atom stereocenters. The molecule has 0 aromatic rings. The van der Waals surface area contributed by atoms with Gasteiger partial charge in [-0.15, -0.1) is 0 Å². The van der Waals surface area contributed by atoms with Gasteiger partial charge in [0.25, 0.3) is 0 Å². The lowest BCUT2D eigenvalue weighted by molar-refractivity contribution is -0.144. The molecule has 6 heteroatoms. The minimum absolute atomic E-state index is 0.0239. The molecule has 2 saturated carbocycles. The number of carbonyl (C=O) groups is 3. The van der Waals surface area contributed by atoms with E-state index < -0.39 is 0 Å². The lowest BCUT2D eigenvalue weighted by atomic mass is 9.57. The predicted octanol–water partition coefficient (Wildman–Crippen LogP) is 1.91. The summed E-state index contributed by atoms with van der Waals surface area (Å²) in [6, 6.07) is 0.0639. The van der Waals surface area contributed by atoms with Crippen molar-refractivity contribution in [1.29, 1.82) is 0 Å². The van der Waals surface area contributed by atoms with Crippen molar-refractivity contribution < 1.29 is 23.9 Å². The molecule has 3 aliphatic rings. The van der Waals surface area contributed by atoms with Crippen LogP contribution in [0.15, 0.2) is 0 Å². The van der Waals surface area contributed by atoms with Gasteiger partial charge in [0.05, 0.1) is 12.5 Å². The minimum atomic E-state index is -0.384. The molecule has 1 saturated heterocycles. The van der Waals surface area contributed by atoms with E-state index in [1.807, 2.05) is 6.92 Å². The van der Waals surface area contributed by atoms with E-state index in [0.29, 0.717) is 12.5 Å². The van der Waals surface area contributed by atoms with Crippen LogP contribution in [-0.4, -0.2) is 37.1 Å². The Morgan fingerprint density at radius 2 is 2.17 bits per heavy atom. The summed E-state index contributed by atoms with van der Waals surface area (Å²) < 4.78 is 10.3. The zero-order valence-corrected chi connectivity index (χ0v) is 13.7.